The summed E-state index contributed by atoms with van der Waals surface area (Å²) in [5, 5.41) is 2.69. The SMILES string of the molecule is Cc1cc(C)nc(NS(=O)(=O)c2ccc(NC(=O)c3ccc(S(=O)(=O)N4CCCCC4C)cc3)cc2)n1. The molecule has 0 saturated carbocycles. The number of nitrogens with one attached hydrogen (secondary N) is 2. The number of hydrogen-bond acceptors (Lipinski definition) is 7. The Morgan fingerprint density at radius 2 is 1.49 bits per heavy atom. The topological polar surface area (TPSA) is 138 Å². The first kappa shape index (κ1) is 26.7. The number of carbonyl (C=O) groups excluding carboxylic acids is 1. The molecule has 0 aliphatic carbocycles. The van der Waals surface area contributed by atoms with Crippen LogP contribution in [0.4, 0.5) is 11.6 Å². The average molecular weight is 544 g/mol. The standard InChI is InChI=1S/C25H29N5O5S2/c1-17-16-18(2)27-25(26-17)29-36(32,33)22-13-9-21(10-14-22)28-24(31)20-7-11-23(12-8-20)37(34,35)30-15-5-4-6-19(30)3/h7-14,16,19H,4-6,15H2,1-3H3,(H,28,31)(H,26,27,29). The lowest BCUT2D eigenvalue weighted by molar-refractivity contribution is 0.102. The second-order valence-corrected chi connectivity index (χ2v) is 12.6. The highest BCUT2D eigenvalue weighted by atomic mass is 32.2. The summed E-state index contributed by atoms with van der Waals surface area (Å²) in [5.74, 6) is -0.470. The van der Waals surface area contributed by atoms with Crippen molar-refractivity contribution in [3.8, 4) is 0 Å². The Bertz CT molecular complexity index is 1490. The van der Waals surface area contributed by atoms with E-state index in [0.29, 0.717) is 23.6 Å². The van der Waals surface area contributed by atoms with Gasteiger partial charge in [-0.3, -0.25) is 4.79 Å². The van der Waals surface area contributed by atoms with Gasteiger partial charge in [-0.05, 0) is 88.2 Å². The lowest BCUT2D eigenvalue weighted by atomic mass is 10.1. The van der Waals surface area contributed by atoms with Gasteiger partial charge in [0, 0.05) is 35.2 Å². The quantitative estimate of drug-likeness (QED) is 0.463. The highest BCUT2D eigenvalue weighted by Gasteiger charge is 2.31. The largest absolute Gasteiger partial charge is 0.322 e. The van der Waals surface area contributed by atoms with Gasteiger partial charge >= 0.3 is 0 Å². The van der Waals surface area contributed by atoms with Crippen LogP contribution in [0, 0.1) is 13.8 Å². The summed E-state index contributed by atoms with van der Waals surface area (Å²) in [6.45, 7) is 5.88. The molecule has 1 aliphatic rings. The Morgan fingerprint density at radius 1 is 0.892 bits per heavy atom. The molecule has 1 fully saturated rings. The molecular formula is C25H29N5O5S2. The fraction of sp³-hybridized carbons (Fsp3) is 0.320. The van der Waals surface area contributed by atoms with Crippen LogP contribution in [0.2, 0.25) is 0 Å². The number of carbonyl (C=O) groups is 1. The number of aryl methyl sites for hydroxylation is 2. The van der Waals surface area contributed by atoms with Crippen LogP contribution in [0.5, 0.6) is 0 Å². The first-order chi connectivity index (χ1) is 17.5. The number of piperidine rings is 1. The molecule has 1 saturated heterocycles. The molecular weight excluding hydrogens is 514 g/mol. The van der Waals surface area contributed by atoms with Crippen molar-refractivity contribution < 1.29 is 21.6 Å². The molecule has 2 N–H and O–H groups in total. The monoisotopic (exact) mass is 543 g/mol. The second kappa shape index (κ2) is 10.6. The molecule has 1 aliphatic heterocycles. The zero-order valence-electron chi connectivity index (χ0n) is 20.8. The first-order valence-corrected chi connectivity index (χ1v) is 14.8. The van der Waals surface area contributed by atoms with E-state index in [1.54, 1.807) is 19.9 Å². The number of anilines is 2. The number of amides is 1. The molecule has 1 atom stereocenters. The van der Waals surface area contributed by atoms with Gasteiger partial charge in [-0.1, -0.05) is 6.42 Å². The maximum absolute atomic E-state index is 13.0. The third kappa shape index (κ3) is 6.14. The molecule has 10 nitrogen and oxygen atoms in total. The van der Waals surface area contributed by atoms with Gasteiger partial charge in [0.2, 0.25) is 16.0 Å². The first-order valence-electron chi connectivity index (χ1n) is 11.8. The van der Waals surface area contributed by atoms with Gasteiger partial charge in [-0.2, -0.15) is 4.31 Å². The summed E-state index contributed by atoms with van der Waals surface area (Å²) in [6.07, 6.45) is 2.67. The Kier molecular flexibility index (Phi) is 7.62. The maximum atomic E-state index is 13.0. The molecule has 0 bridgehead atoms. The van der Waals surface area contributed by atoms with Gasteiger partial charge in [0.05, 0.1) is 9.79 Å². The Labute approximate surface area is 217 Å². The van der Waals surface area contributed by atoms with Crippen LogP contribution in [0.3, 0.4) is 0 Å². The van der Waals surface area contributed by atoms with Gasteiger partial charge in [0.1, 0.15) is 0 Å². The number of hydrogen-bond donors (Lipinski definition) is 2. The Balaban J connectivity index is 1.43. The van der Waals surface area contributed by atoms with Crippen molar-refractivity contribution in [2.45, 2.75) is 55.9 Å². The van der Waals surface area contributed by atoms with Crippen molar-refractivity contribution in [2.24, 2.45) is 0 Å². The summed E-state index contributed by atoms with van der Waals surface area (Å²) in [7, 11) is -7.55. The Hall–Kier alpha value is -3.35. The molecule has 3 aromatic rings. The fourth-order valence-corrected chi connectivity index (χ4v) is 6.86. The fourth-order valence-electron chi connectivity index (χ4n) is 4.21. The zero-order chi connectivity index (χ0) is 26.8. The molecule has 2 heterocycles. The van der Waals surface area contributed by atoms with E-state index in [-0.39, 0.29) is 27.3 Å². The van der Waals surface area contributed by atoms with E-state index >= 15 is 0 Å². The lowest BCUT2D eigenvalue weighted by Gasteiger charge is -2.32. The minimum atomic E-state index is -3.92. The van der Waals surface area contributed by atoms with Crippen molar-refractivity contribution in [3.05, 3.63) is 71.5 Å². The van der Waals surface area contributed by atoms with Crippen molar-refractivity contribution in [1.82, 2.24) is 14.3 Å². The number of benzene rings is 2. The third-order valence-electron chi connectivity index (χ3n) is 6.10. The highest BCUT2D eigenvalue weighted by Crippen LogP contribution is 2.25. The molecule has 12 heteroatoms. The van der Waals surface area contributed by atoms with E-state index in [4.69, 9.17) is 0 Å². The van der Waals surface area contributed by atoms with Crippen molar-refractivity contribution in [3.63, 3.8) is 0 Å². The molecule has 1 unspecified atom stereocenters. The van der Waals surface area contributed by atoms with Gasteiger partial charge < -0.3 is 5.32 Å². The molecule has 2 aromatic carbocycles. The zero-order valence-corrected chi connectivity index (χ0v) is 22.4. The molecule has 196 valence electrons. The van der Waals surface area contributed by atoms with Crippen LogP contribution in [-0.2, 0) is 20.0 Å². The van der Waals surface area contributed by atoms with E-state index in [9.17, 15) is 21.6 Å². The van der Waals surface area contributed by atoms with E-state index in [1.165, 1.54) is 52.8 Å². The van der Waals surface area contributed by atoms with Crippen LogP contribution >= 0.6 is 0 Å². The summed E-state index contributed by atoms with van der Waals surface area (Å²) in [6, 6.07) is 13.1. The lowest BCUT2D eigenvalue weighted by Crippen LogP contribution is -2.41. The predicted octanol–water partition coefficient (Wildman–Crippen LogP) is 3.71. The van der Waals surface area contributed by atoms with Gasteiger partial charge in [0.25, 0.3) is 15.9 Å². The molecule has 0 spiro atoms. The molecule has 1 aromatic heterocycles. The summed E-state index contributed by atoms with van der Waals surface area (Å²) in [5.41, 5.74) is 1.92. The van der Waals surface area contributed by atoms with Gasteiger partial charge in [-0.25, -0.2) is 31.5 Å². The van der Waals surface area contributed by atoms with E-state index in [1.807, 2.05) is 6.92 Å². The van der Waals surface area contributed by atoms with E-state index in [2.05, 4.69) is 20.0 Å². The van der Waals surface area contributed by atoms with Crippen LogP contribution < -0.4 is 10.0 Å². The van der Waals surface area contributed by atoms with Crippen LogP contribution in [0.25, 0.3) is 0 Å². The van der Waals surface area contributed by atoms with Crippen molar-refractivity contribution in [2.75, 3.05) is 16.6 Å². The number of sulfonamides is 2. The van der Waals surface area contributed by atoms with Crippen molar-refractivity contribution in [1.29, 1.82) is 0 Å². The molecule has 37 heavy (non-hydrogen) atoms. The summed E-state index contributed by atoms with van der Waals surface area (Å²) >= 11 is 0. The van der Waals surface area contributed by atoms with Crippen molar-refractivity contribution >= 4 is 37.6 Å². The number of nitrogens with zero attached hydrogens (tertiary/aromatic N) is 3. The smallest absolute Gasteiger partial charge is 0.264 e. The minimum Gasteiger partial charge on any atom is -0.322 e. The normalized spacial score (nSPS) is 16.8. The number of rotatable bonds is 7. The number of aromatic nitrogens is 2. The van der Waals surface area contributed by atoms with E-state index < -0.39 is 26.0 Å². The average Bonchev–Trinajstić information content (AvgIpc) is 2.83. The van der Waals surface area contributed by atoms with Gasteiger partial charge in [-0.15, -0.1) is 0 Å². The molecule has 1 amide bonds. The summed E-state index contributed by atoms with van der Waals surface area (Å²) < 4.78 is 55.3. The highest BCUT2D eigenvalue weighted by molar-refractivity contribution is 7.92. The summed E-state index contributed by atoms with van der Waals surface area (Å²) in [4.78, 5) is 21.0. The third-order valence-corrected chi connectivity index (χ3v) is 9.47. The maximum Gasteiger partial charge on any atom is 0.264 e. The molecule has 4 rings (SSSR count). The van der Waals surface area contributed by atoms with E-state index in [0.717, 1.165) is 19.3 Å². The molecule has 0 radical (unpaired) electrons. The van der Waals surface area contributed by atoms with Crippen LogP contribution in [-0.4, -0.2) is 49.6 Å². The second-order valence-electron chi connectivity index (χ2n) is 9.04. The van der Waals surface area contributed by atoms with Crippen LogP contribution in [0.1, 0.15) is 47.9 Å². The predicted molar refractivity (Wildman–Crippen MR) is 140 cm³/mol. The Morgan fingerprint density at radius 3 is 2.08 bits per heavy atom. The minimum absolute atomic E-state index is 0.0184. The van der Waals surface area contributed by atoms with Gasteiger partial charge in [0.15, 0.2) is 0 Å². The van der Waals surface area contributed by atoms with Crippen LogP contribution in [0.15, 0.2) is 64.4 Å².